The molecule has 0 atom stereocenters. The smallest absolute Gasteiger partial charge is 0.272 e. The van der Waals surface area contributed by atoms with Crippen LogP contribution in [0, 0.1) is 17.0 Å². The molecule has 8 heteroatoms. The lowest BCUT2D eigenvalue weighted by Crippen LogP contribution is -2.12. The number of rotatable bonds is 5. The molecule has 0 aliphatic carbocycles. The molecule has 138 valence electrons. The first-order valence-corrected chi connectivity index (χ1v) is 9.82. The third-order valence-electron chi connectivity index (χ3n) is 4.01. The van der Waals surface area contributed by atoms with Crippen molar-refractivity contribution in [3.8, 4) is 11.3 Å². The van der Waals surface area contributed by atoms with Gasteiger partial charge in [-0.25, -0.2) is 4.98 Å². The molecule has 0 fully saturated rings. The molecule has 1 N–H and O–H groups in total. The zero-order valence-electron chi connectivity index (χ0n) is 14.7. The molecular weight excluding hydrogens is 430 g/mol. The summed E-state index contributed by atoms with van der Waals surface area (Å²) in [5.74, 6) is -0.341. The maximum absolute atomic E-state index is 12.5. The number of hydrogen-bond acceptors (Lipinski definition) is 5. The third-order valence-corrected chi connectivity index (χ3v) is 5.66. The van der Waals surface area contributed by atoms with E-state index in [1.165, 1.54) is 29.5 Å². The van der Waals surface area contributed by atoms with Crippen LogP contribution in [0.2, 0.25) is 0 Å². The summed E-state index contributed by atoms with van der Waals surface area (Å²) in [6.45, 7) is 3.65. The van der Waals surface area contributed by atoms with Crippen molar-refractivity contribution in [2.75, 3.05) is 5.32 Å². The number of nitrogens with zero attached hydrogens (tertiary/aromatic N) is 2. The summed E-state index contributed by atoms with van der Waals surface area (Å²) in [6.07, 6.45) is 0.801. The Morgan fingerprint density at radius 3 is 2.56 bits per heavy atom. The van der Waals surface area contributed by atoms with Crippen LogP contribution in [0.25, 0.3) is 11.3 Å². The number of halogens is 1. The number of aryl methyl sites for hydroxylation is 2. The van der Waals surface area contributed by atoms with E-state index >= 15 is 0 Å². The number of anilines is 1. The maximum atomic E-state index is 12.5. The van der Waals surface area contributed by atoms with Gasteiger partial charge in [-0.1, -0.05) is 35.0 Å². The Balaban J connectivity index is 1.85. The van der Waals surface area contributed by atoms with E-state index in [1.807, 2.05) is 31.2 Å². The highest BCUT2D eigenvalue weighted by molar-refractivity contribution is 9.10. The number of carbonyl (C=O) groups is 1. The molecule has 3 rings (SSSR count). The van der Waals surface area contributed by atoms with Crippen molar-refractivity contribution in [2.45, 2.75) is 20.3 Å². The van der Waals surface area contributed by atoms with Gasteiger partial charge in [0, 0.05) is 32.1 Å². The highest BCUT2D eigenvalue weighted by atomic mass is 79.9. The van der Waals surface area contributed by atoms with E-state index in [2.05, 4.69) is 26.2 Å². The van der Waals surface area contributed by atoms with Crippen LogP contribution in [0.1, 0.15) is 27.7 Å². The second kappa shape index (κ2) is 7.98. The summed E-state index contributed by atoms with van der Waals surface area (Å²) in [5, 5.41) is 14.2. The number of aromatic nitrogens is 1. The molecule has 2 aromatic carbocycles. The van der Waals surface area contributed by atoms with Crippen LogP contribution < -0.4 is 5.32 Å². The fraction of sp³-hybridized carbons (Fsp3) is 0.158. The summed E-state index contributed by atoms with van der Waals surface area (Å²) in [7, 11) is 0. The molecule has 27 heavy (non-hydrogen) atoms. The van der Waals surface area contributed by atoms with Crippen molar-refractivity contribution < 1.29 is 9.72 Å². The van der Waals surface area contributed by atoms with Crippen molar-refractivity contribution in [3.63, 3.8) is 0 Å². The van der Waals surface area contributed by atoms with Gasteiger partial charge in [-0.05, 0) is 37.6 Å². The van der Waals surface area contributed by atoms with E-state index in [4.69, 9.17) is 0 Å². The minimum Gasteiger partial charge on any atom is -0.298 e. The van der Waals surface area contributed by atoms with E-state index in [1.54, 1.807) is 6.92 Å². The number of thiazole rings is 1. The summed E-state index contributed by atoms with van der Waals surface area (Å²) in [6, 6.07) is 12.2. The molecule has 1 heterocycles. The summed E-state index contributed by atoms with van der Waals surface area (Å²) >= 11 is 4.85. The van der Waals surface area contributed by atoms with Crippen LogP contribution in [0.5, 0.6) is 0 Å². The standard InChI is InChI=1S/C19H16BrN3O3S/c1-3-16-17(12-4-7-14(20)8-5-12)21-19(27-16)22-18(24)13-6-9-15(23(25)26)11(2)10-13/h4-10H,3H2,1-2H3,(H,21,22,24). The Kier molecular flexibility index (Phi) is 5.67. The molecule has 0 aliphatic heterocycles. The Morgan fingerprint density at radius 2 is 1.96 bits per heavy atom. The highest BCUT2D eigenvalue weighted by Gasteiger charge is 2.17. The van der Waals surface area contributed by atoms with Crippen molar-refractivity contribution in [1.29, 1.82) is 0 Å². The minimum atomic E-state index is -0.462. The lowest BCUT2D eigenvalue weighted by atomic mass is 10.1. The molecule has 6 nitrogen and oxygen atoms in total. The summed E-state index contributed by atoms with van der Waals surface area (Å²) < 4.78 is 0.988. The van der Waals surface area contributed by atoms with Gasteiger partial charge in [-0.3, -0.25) is 20.2 Å². The molecule has 0 aliphatic rings. The Morgan fingerprint density at radius 1 is 1.26 bits per heavy atom. The van der Waals surface area contributed by atoms with E-state index in [0.717, 1.165) is 27.0 Å². The average Bonchev–Trinajstić information content (AvgIpc) is 3.04. The zero-order valence-corrected chi connectivity index (χ0v) is 17.1. The number of carbonyl (C=O) groups excluding carboxylic acids is 1. The van der Waals surface area contributed by atoms with Gasteiger partial charge in [0.1, 0.15) is 0 Å². The predicted molar refractivity (Wildman–Crippen MR) is 110 cm³/mol. The molecule has 0 saturated heterocycles. The van der Waals surface area contributed by atoms with Gasteiger partial charge in [0.05, 0.1) is 10.6 Å². The van der Waals surface area contributed by atoms with E-state index in [9.17, 15) is 14.9 Å². The quantitative estimate of drug-likeness (QED) is 0.408. The molecule has 3 aromatic rings. The van der Waals surface area contributed by atoms with Gasteiger partial charge in [-0.2, -0.15) is 0 Å². The lowest BCUT2D eigenvalue weighted by molar-refractivity contribution is -0.385. The third kappa shape index (κ3) is 4.23. The number of nitrogens with one attached hydrogen (secondary N) is 1. The number of hydrogen-bond donors (Lipinski definition) is 1. The first kappa shape index (κ1) is 19.2. The van der Waals surface area contributed by atoms with Crippen LogP contribution in [-0.4, -0.2) is 15.8 Å². The molecule has 0 unspecified atom stereocenters. The van der Waals surface area contributed by atoms with Crippen molar-refractivity contribution >= 4 is 44.0 Å². The largest absolute Gasteiger partial charge is 0.298 e. The second-order valence-electron chi connectivity index (χ2n) is 5.86. The average molecular weight is 446 g/mol. The molecule has 0 bridgehead atoms. The van der Waals surface area contributed by atoms with Crippen LogP contribution in [0.15, 0.2) is 46.9 Å². The van der Waals surface area contributed by atoms with E-state index in [0.29, 0.717) is 16.3 Å². The van der Waals surface area contributed by atoms with Gasteiger partial charge in [0.15, 0.2) is 5.13 Å². The fourth-order valence-electron chi connectivity index (χ4n) is 2.65. The molecule has 1 amide bonds. The van der Waals surface area contributed by atoms with Gasteiger partial charge in [0.2, 0.25) is 0 Å². The SMILES string of the molecule is CCc1sc(NC(=O)c2ccc([N+](=O)[O-])c(C)c2)nc1-c1ccc(Br)cc1. The summed E-state index contributed by atoms with van der Waals surface area (Å²) in [4.78, 5) is 28.6. The first-order valence-electron chi connectivity index (χ1n) is 8.21. The fourth-order valence-corrected chi connectivity index (χ4v) is 3.83. The molecule has 0 saturated carbocycles. The second-order valence-corrected chi connectivity index (χ2v) is 7.86. The van der Waals surface area contributed by atoms with Gasteiger partial charge < -0.3 is 0 Å². The Hall–Kier alpha value is -2.58. The topological polar surface area (TPSA) is 85.1 Å². The van der Waals surface area contributed by atoms with Gasteiger partial charge >= 0.3 is 0 Å². The van der Waals surface area contributed by atoms with Crippen LogP contribution >= 0.6 is 27.3 Å². The Labute approximate surface area is 168 Å². The minimum absolute atomic E-state index is 0.00778. The van der Waals surface area contributed by atoms with Crippen molar-refractivity contribution in [2.24, 2.45) is 0 Å². The number of amides is 1. The number of benzene rings is 2. The van der Waals surface area contributed by atoms with E-state index < -0.39 is 4.92 Å². The maximum Gasteiger partial charge on any atom is 0.272 e. The van der Waals surface area contributed by atoms with Gasteiger partial charge in [-0.15, -0.1) is 11.3 Å². The number of nitro groups is 1. The van der Waals surface area contributed by atoms with Crippen LogP contribution in [0.3, 0.4) is 0 Å². The Bertz CT molecular complexity index is 1020. The highest BCUT2D eigenvalue weighted by Crippen LogP contribution is 2.32. The number of nitro benzene ring substituents is 1. The van der Waals surface area contributed by atoms with Crippen LogP contribution in [-0.2, 0) is 6.42 Å². The zero-order chi connectivity index (χ0) is 19.6. The van der Waals surface area contributed by atoms with Crippen molar-refractivity contribution in [1.82, 2.24) is 4.98 Å². The normalized spacial score (nSPS) is 10.6. The molecular formula is C19H16BrN3O3S. The molecule has 0 spiro atoms. The van der Waals surface area contributed by atoms with Crippen molar-refractivity contribution in [3.05, 3.63) is 73.1 Å². The van der Waals surface area contributed by atoms with Gasteiger partial charge in [0.25, 0.3) is 11.6 Å². The monoisotopic (exact) mass is 445 g/mol. The lowest BCUT2D eigenvalue weighted by Gasteiger charge is -2.03. The van der Waals surface area contributed by atoms with Crippen LogP contribution in [0.4, 0.5) is 10.8 Å². The van der Waals surface area contributed by atoms with E-state index in [-0.39, 0.29) is 11.6 Å². The molecule has 1 aromatic heterocycles. The summed E-state index contributed by atoms with van der Waals surface area (Å²) in [5.41, 5.74) is 2.63. The first-order chi connectivity index (χ1) is 12.9. The molecule has 0 radical (unpaired) electrons. The predicted octanol–water partition coefficient (Wildman–Crippen LogP) is 5.60.